The first-order valence-electron chi connectivity index (χ1n) is 7.54. The minimum Gasteiger partial charge on any atom is -0.472 e. The number of ether oxygens (including phenoxy) is 1. The fraction of sp³-hybridized carbons (Fsp3) is 0.438. The van der Waals surface area contributed by atoms with Gasteiger partial charge in [-0.05, 0) is 30.9 Å². The van der Waals surface area contributed by atoms with E-state index in [0.29, 0.717) is 18.0 Å². The molecule has 6 heteroatoms. The molecule has 0 aliphatic carbocycles. The van der Waals surface area contributed by atoms with Crippen molar-refractivity contribution in [3.8, 4) is 0 Å². The molecule has 1 amide bonds. The Labute approximate surface area is 128 Å². The third kappa shape index (κ3) is 2.39. The zero-order chi connectivity index (χ0) is 14.9. The van der Waals surface area contributed by atoms with Gasteiger partial charge in [0, 0.05) is 19.3 Å². The Bertz CT molecular complexity index is 644. The molecule has 2 aliphatic rings. The van der Waals surface area contributed by atoms with E-state index in [4.69, 9.17) is 9.15 Å². The summed E-state index contributed by atoms with van der Waals surface area (Å²) in [4.78, 5) is 22.5. The highest BCUT2D eigenvalue weighted by molar-refractivity contribution is 5.93. The summed E-state index contributed by atoms with van der Waals surface area (Å²) in [5.41, 5.74) is 1.53. The first kappa shape index (κ1) is 13.5. The minimum atomic E-state index is 0.0151. The lowest BCUT2D eigenvalue weighted by Gasteiger charge is -2.33. The number of likely N-dealkylation sites (tertiary alicyclic amines) is 1. The largest absolute Gasteiger partial charge is 0.472 e. The molecule has 2 saturated heterocycles. The highest BCUT2D eigenvalue weighted by atomic mass is 16.5. The second-order valence-electron chi connectivity index (χ2n) is 5.85. The molecule has 6 nitrogen and oxygen atoms in total. The van der Waals surface area contributed by atoms with Crippen LogP contribution in [-0.2, 0) is 4.74 Å². The van der Waals surface area contributed by atoms with Crippen LogP contribution in [0.1, 0.15) is 35.0 Å². The van der Waals surface area contributed by atoms with E-state index in [2.05, 4.69) is 9.97 Å². The van der Waals surface area contributed by atoms with Gasteiger partial charge in [-0.25, -0.2) is 9.97 Å². The van der Waals surface area contributed by atoms with Crippen molar-refractivity contribution >= 4 is 5.91 Å². The van der Waals surface area contributed by atoms with Gasteiger partial charge in [0.15, 0.2) is 0 Å². The van der Waals surface area contributed by atoms with Gasteiger partial charge >= 0.3 is 0 Å². The molecule has 0 bridgehead atoms. The van der Waals surface area contributed by atoms with Crippen molar-refractivity contribution in [3.05, 3.63) is 48.4 Å². The Balaban J connectivity index is 1.45. The van der Waals surface area contributed by atoms with Gasteiger partial charge in [0.2, 0.25) is 0 Å². The van der Waals surface area contributed by atoms with Crippen LogP contribution in [0.5, 0.6) is 0 Å². The molecular weight excluding hydrogens is 282 g/mol. The minimum absolute atomic E-state index is 0.0151. The monoisotopic (exact) mass is 299 g/mol. The van der Waals surface area contributed by atoms with Crippen molar-refractivity contribution in [2.24, 2.45) is 5.92 Å². The normalized spacial score (nSPS) is 27.6. The van der Waals surface area contributed by atoms with Crippen LogP contribution in [0.2, 0.25) is 0 Å². The second-order valence-corrected chi connectivity index (χ2v) is 5.85. The molecule has 4 heterocycles. The van der Waals surface area contributed by atoms with E-state index in [9.17, 15) is 4.79 Å². The molecule has 3 atom stereocenters. The average molecular weight is 299 g/mol. The first-order valence-corrected chi connectivity index (χ1v) is 7.54. The van der Waals surface area contributed by atoms with E-state index in [1.807, 2.05) is 11.0 Å². The Morgan fingerprint density at radius 2 is 2.32 bits per heavy atom. The third-order valence-corrected chi connectivity index (χ3v) is 4.54. The number of nitrogens with zero attached hydrogens (tertiary/aromatic N) is 3. The second kappa shape index (κ2) is 5.53. The highest BCUT2D eigenvalue weighted by Crippen LogP contribution is 2.40. The maximum absolute atomic E-state index is 12.4. The van der Waals surface area contributed by atoms with Gasteiger partial charge in [0.1, 0.15) is 18.7 Å². The first-order chi connectivity index (χ1) is 10.8. The number of rotatable bonds is 2. The Kier molecular flexibility index (Phi) is 3.38. The van der Waals surface area contributed by atoms with E-state index >= 15 is 0 Å². The standard InChI is InChI=1S/C16H17N3O3/c20-16(12-3-6-21-9-12)19-5-2-11-7-14(22-15(11)8-19)13-1-4-17-10-18-13/h1,3-4,6,9-11,14-15H,2,5,7-8H2/t11-,14+,15+/m0/s1. The summed E-state index contributed by atoms with van der Waals surface area (Å²) in [6.45, 7) is 1.40. The van der Waals surface area contributed by atoms with E-state index in [1.54, 1.807) is 18.6 Å². The zero-order valence-electron chi connectivity index (χ0n) is 12.1. The van der Waals surface area contributed by atoms with Gasteiger partial charge in [-0.15, -0.1) is 0 Å². The van der Waals surface area contributed by atoms with Gasteiger partial charge in [0.05, 0.1) is 23.6 Å². The molecule has 0 radical (unpaired) electrons. The lowest BCUT2D eigenvalue weighted by Crippen LogP contribution is -2.45. The Morgan fingerprint density at radius 3 is 3.09 bits per heavy atom. The van der Waals surface area contributed by atoms with Crippen LogP contribution in [0.25, 0.3) is 0 Å². The van der Waals surface area contributed by atoms with Crippen molar-refractivity contribution in [2.75, 3.05) is 13.1 Å². The quantitative estimate of drug-likeness (QED) is 0.849. The number of amides is 1. The number of aromatic nitrogens is 2. The third-order valence-electron chi connectivity index (χ3n) is 4.54. The van der Waals surface area contributed by atoms with E-state index in [-0.39, 0.29) is 18.1 Å². The predicted octanol–water partition coefficient (Wildman–Crippen LogP) is 2.06. The molecule has 2 aliphatic heterocycles. The molecule has 2 aromatic rings. The lowest BCUT2D eigenvalue weighted by molar-refractivity contribution is -0.00566. The molecule has 0 aromatic carbocycles. The van der Waals surface area contributed by atoms with Gasteiger partial charge in [-0.1, -0.05) is 0 Å². The number of carbonyl (C=O) groups excluding carboxylic acids is 1. The van der Waals surface area contributed by atoms with Gasteiger partial charge in [-0.2, -0.15) is 0 Å². The lowest BCUT2D eigenvalue weighted by atomic mass is 9.91. The summed E-state index contributed by atoms with van der Waals surface area (Å²) in [7, 11) is 0. The van der Waals surface area contributed by atoms with Crippen molar-refractivity contribution in [1.29, 1.82) is 0 Å². The zero-order valence-corrected chi connectivity index (χ0v) is 12.1. The van der Waals surface area contributed by atoms with Crippen LogP contribution >= 0.6 is 0 Å². The van der Waals surface area contributed by atoms with Crippen LogP contribution < -0.4 is 0 Å². The maximum Gasteiger partial charge on any atom is 0.257 e. The number of hydrogen-bond acceptors (Lipinski definition) is 5. The number of hydrogen-bond donors (Lipinski definition) is 0. The van der Waals surface area contributed by atoms with E-state index in [1.165, 1.54) is 12.5 Å². The van der Waals surface area contributed by atoms with Crippen molar-refractivity contribution in [3.63, 3.8) is 0 Å². The number of piperidine rings is 1. The number of carbonyl (C=O) groups is 1. The van der Waals surface area contributed by atoms with Crippen LogP contribution in [0.15, 0.2) is 41.6 Å². The number of furan rings is 1. The molecule has 4 rings (SSSR count). The van der Waals surface area contributed by atoms with Gasteiger partial charge in [-0.3, -0.25) is 4.79 Å². The molecule has 0 spiro atoms. The fourth-order valence-corrected chi connectivity index (χ4v) is 3.37. The molecular formula is C16H17N3O3. The summed E-state index contributed by atoms with van der Waals surface area (Å²) in [5.74, 6) is 0.509. The summed E-state index contributed by atoms with van der Waals surface area (Å²) in [6, 6.07) is 3.60. The molecule has 0 unspecified atom stereocenters. The van der Waals surface area contributed by atoms with Gasteiger partial charge < -0.3 is 14.1 Å². The van der Waals surface area contributed by atoms with E-state index in [0.717, 1.165) is 25.1 Å². The summed E-state index contributed by atoms with van der Waals surface area (Å²) >= 11 is 0. The maximum atomic E-state index is 12.4. The topological polar surface area (TPSA) is 68.5 Å². The number of fused-ring (bicyclic) bond motifs is 1. The summed E-state index contributed by atoms with van der Waals surface area (Å²) < 4.78 is 11.1. The summed E-state index contributed by atoms with van der Waals surface area (Å²) in [5, 5.41) is 0. The van der Waals surface area contributed by atoms with Crippen molar-refractivity contribution < 1.29 is 13.9 Å². The van der Waals surface area contributed by atoms with Crippen LogP contribution in [0.4, 0.5) is 0 Å². The van der Waals surface area contributed by atoms with E-state index < -0.39 is 0 Å². The van der Waals surface area contributed by atoms with Crippen molar-refractivity contribution in [1.82, 2.24) is 14.9 Å². The molecule has 0 N–H and O–H groups in total. The van der Waals surface area contributed by atoms with Crippen LogP contribution in [0, 0.1) is 5.92 Å². The molecule has 114 valence electrons. The Morgan fingerprint density at radius 1 is 1.36 bits per heavy atom. The van der Waals surface area contributed by atoms with Gasteiger partial charge in [0.25, 0.3) is 5.91 Å². The fourth-order valence-electron chi connectivity index (χ4n) is 3.37. The van der Waals surface area contributed by atoms with Crippen molar-refractivity contribution in [2.45, 2.75) is 25.0 Å². The SMILES string of the molecule is O=C(c1ccoc1)N1CC[C@H]2C[C@H](c3ccncn3)O[C@@H]2C1. The molecule has 2 fully saturated rings. The highest BCUT2D eigenvalue weighted by Gasteiger charge is 2.41. The molecule has 22 heavy (non-hydrogen) atoms. The predicted molar refractivity (Wildman–Crippen MR) is 77.0 cm³/mol. The smallest absolute Gasteiger partial charge is 0.257 e. The molecule has 2 aromatic heterocycles. The van der Waals surface area contributed by atoms with Crippen LogP contribution in [0.3, 0.4) is 0 Å². The summed E-state index contributed by atoms with van der Waals surface area (Å²) in [6.07, 6.45) is 8.35. The van der Waals surface area contributed by atoms with Crippen LogP contribution in [-0.4, -0.2) is 40.0 Å². The Hall–Kier alpha value is -2.21. The molecule has 0 saturated carbocycles. The average Bonchev–Trinajstić information content (AvgIpc) is 3.23.